The van der Waals surface area contributed by atoms with Gasteiger partial charge in [0, 0.05) is 29.6 Å². The van der Waals surface area contributed by atoms with Crippen LogP contribution in [0.15, 0.2) is 42.9 Å². The van der Waals surface area contributed by atoms with Gasteiger partial charge in [0.25, 0.3) is 0 Å². The van der Waals surface area contributed by atoms with Crippen LogP contribution in [0.25, 0.3) is 33.4 Å². The van der Waals surface area contributed by atoms with E-state index in [9.17, 15) is 4.39 Å². The number of hydrogen-bond acceptors (Lipinski definition) is 6. The summed E-state index contributed by atoms with van der Waals surface area (Å²) < 4.78 is 28.9. The van der Waals surface area contributed by atoms with Crippen LogP contribution in [0.4, 0.5) is 4.39 Å². The molecule has 1 aromatic carbocycles. The third-order valence-corrected chi connectivity index (χ3v) is 6.61. The van der Waals surface area contributed by atoms with Gasteiger partial charge in [0.2, 0.25) is 0 Å². The molecule has 2 aliphatic rings. The quantitative estimate of drug-likeness (QED) is 0.443. The Hall–Kier alpha value is -3.30. The lowest BCUT2D eigenvalue weighted by Gasteiger charge is -2.36. The number of nitrogens with zero attached hydrogens (tertiary/aromatic N) is 5. The van der Waals surface area contributed by atoms with Crippen molar-refractivity contribution < 1.29 is 13.9 Å². The molecule has 2 aliphatic heterocycles. The van der Waals surface area contributed by atoms with Crippen molar-refractivity contribution in [2.45, 2.75) is 12.5 Å². The number of ether oxygens (including phenoxy) is 2. The van der Waals surface area contributed by atoms with Crippen LogP contribution in [0.1, 0.15) is 12.5 Å². The smallest absolute Gasteiger partial charge is 0.136 e. The van der Waals surface area contributed by atoms with E-state index in [1.807, 2.05) is 12.3 Å². The highest BCUT2D eigenvalue weighted by Gasteiger charge is 2.30. The van der Waals surface area contributed by atoms with Crippen molar-refractivity contribution >= 4 is 10.9 Å². The molecule has 6 rings (SSSR count). The molecule has 170 valence electrons. The maximum atomic E-state index is 14.9. The second kappa shape index (κ2) is 8.24. The standard InChI is InChI=1S/C24H25FN6O2/c1-30-6-5-21-16(12-30)14-32-7-8-33-22-4-2-3-18(25)23(22)19-9-17-20(11-26-19)28-29-24(17)15-10-27-31(21)13-15/h2-4,9-11,13,16,21H,5-8,12,14H2,1H3,(H,28,29). The fourth-order valence-corrected chi connectivity index (χ4v) is 4.95. The van der Waals surface area contributed by atoms with E-state index in [2.05, 4.69) is 38.0 Å². The first-order chi connectivity index (χ1) is 16.2. The second-order valence-electron chi connectivity index (χ2n) is 8.81. The topological polar surface area (TPSA) is 81.1 Å². The highest BCUT2D eigenvalue weighted by Crippen LogP contribution is 2.36. The Morgan fingerprint density at radius 1 is 1.21 bits per heavy atom. The first-order valence-electron chi connectivity index (χ1n) is 11.2. The number of halogens is 1. The molecular weight excluding hydrogens is 423 g/mol. The number of likely N-dealkylation sites (tertiary alicyclic amines) is 1. The normalized spacial score (nSPS) is 21.5. The lowest BCUT2D eigenvalue weighted by molar-refractivity contribution is 0.0258. The first-order valence-corrected chi connectivity index (χ1v) is 11.2. The molecule has 2 unspecified atom stereocenters. The molecule has 0 amide bonds. The van der Waals surface area contributed by atoms with Crippen LogP contribution in [0, 0.1) is 11.7 Å². The fraction of sp³-hybridized carbons (Fsp3) is 0.375. The van der Waals surface area contributed by atoms with Crippen LogP contribution in [0.5, 0.6) is 5.75 Å². The molecule has 9 heteroatoms. The lowest BCUT2D eigenvalue weighted by atomic mass is 9.93. The van der Waals surface area contributed by atoms with Crippen LogP contribution in [0.2, 0.25) is 0 Å². The summed E-state index contributed by atoms with van der Waals surface area (Å²) in [5, 5.41) is 13.1. The van der Waals surface area contributed by atoms with Gasteiger partial charge in [-0.2, -0.15) is 10.2 Å². The molecule has 0 spiro atoms. The lowest BCUT2D eigenvalue weighted by Crippen LogP contribution is -2.41. The number of piperidine rings is 1. The molecule has 4 bridgehead atoms. The molecular formula is C24H25FN6O2. The fourth-order valence-electron chi connectivity index (χ4n) is 4.95. The van der Waals surface area contributed by atoms with E-state index in [4.69, 9.17) is 14.6 Å². The second-order valence-corrected chi connectivity index (χ2v) is 8.81. The Labute approximate surface area is 190 Å². The highest BCUT2D eigenvalue weighted by molar-refractivity contribution is 5.94. The van der Waals surface area contributed by atoms with Crippen LogP contribution in [-0.2, 0) is 4.74 Å². The van der Waals surface area contributed by atoms with Crippen molar-refractivity contribution in [1.29, 1.82) is 0 Å². The third-order valence-electron chi connectivity index (χ3n) is 6.61. The number of fused-ring (bicyclic) bond motifs is 8. The number of rotatable bonds is 0. The first kappa shape index (κ1) is 20.3. The zero-order chi connectivity index (χ0) is 22.4. The van der Waals surface area contributed by atoms with Gasteiger partial charge in [-0.15, -0.1) is 0 Å². The SMILES string of the molecule is CN1CCC2C(COCCOc3cccc(F)c3-c3cc4c(n[nH]c4cn3)-c3cnn2c3)C1. The zero-order valence-corrected chi connectivity index (χ0v) is 18.4. The Balaban J connectivity index is 1.48. The summed E-state index contributed by atoms with van der Waals surface area (Å²) in [4.78, 5) is 6.81. The van der Waals surface area contributed by atoms with E-state index < -0.39 is 0 Å². The van der Waals surface area contributed by atoms with E-state index in [-0.39, 0.29) is 11.9 Å². The average molecular weight is 449 g/mol. The van der Waals surface area contributed by atoms with E-state index in [0.29, 0.717) is 42.7 Å². The monoisotopic (exact) mass is 448 g/mol. The molecule has 1 fully saturated rings. The summed E-state index contributed by atoms with van der Waals surface area (Å²) in [7, 11) is 2.14. The number of nitrogens with one attached hydrogen (secondary N) is 1. The van der Waals surface area contributed by atoms with Gasteiger partial charge in [-0.05, 0) is 38.2 Å². The maximum Gasteiger partial charge on any atom is 0.136 e. The molecule has 5 heterocycles. The number of aromatic amines is 1. The summed E-state index contributed by atoms with van der Waals surface area (Å²) in [5.74, 6) is 0.374. The number of H-pyrrole nitrogens is 1. The van der Waals surface area contributed by atoms with Crippen molar-refractivity contribution in [2.24, 2.45) is 5.92 Å². The van der Waals surface area contributed by atoms with Crippen molar-refractivity contribution in [3.8, 4) is 28.3 Å². The average Bonchev–Trinajstić information content (AvgIpc) is 3.45. The van der Waals surface area contributed by atoms with Gasteiger partial charge in [-0.3, -0.25) is 14.8 Å². The van der Waals surface area contributed by atoms with E-state index in [1.54, 1.807) is 18.3 Å². The molecule has 33 heavy (non-hydrogen) atoms. The molecule has 1 N–H and O–H groups in total. The molecule has 1 saturated heterocycles. The predicted molar refractivity (Wildman–Crippen MR) is 121 cm³/mol. The predicted octanol–water partition coefficient (Wildman–Crippen LogP) is 3.53. The Kier molecular flexibility index (Phi) is 5.07. The minimum absolute atomic E-state index is 0.251. The van der Waals surface area contributed by atoms with E-state index in [1.165, 1.54) is 6.07 Å². The molecule has 8 nitrogen and oxygen atoms in total. The van der Waals surface area contributed by atoms with Gasteiger partial charge in [-0.1, -0.05) is 6.07 Å². The summed E-state index contributed by atoms with van der Waals surface area (Å²) in [5.41, 5.74) is 3.30. The number of benzene rings is 1. The van der Waals surface area contributed by atoms with Crippen molar-refractivity contribution in [2.75, 3.05) is 40.0 Å². The van der Waals surface area contributed by atoms with Crippen LogP contribution >= 0.6 is 0 Å². The largest absolute Gasteiger partial charge is 0.490 e. The summed E-state index contributed by atoms with van der Waals surface area (Å²) in [6, 6.07) is 6.94. The van der Waals surface area contributed by atoms with Crippen LogP contribution in [-0.4, -0.2) is 69.8 Å². The van der Waals surface area contributed by atoms with Gasteiger partial charge in [-0.25, -0.2) is 4.39 Å². The molecule has 0 saturated carbocycles. The Morgan fingerprint density at radius 2 is 2.15 bits per heavy atom. The van der Waals surface area contributed by atoms with Crippen LogP contribution < -0.4 is 4.74 Å². The van der Waals surface area contributed by atoms with Crippen molar-refractivity contribution in [3.63, 3.8) is 0 Å². The van der Waals surface area contributed by atoms with Crippen molar-refractivity contribution in [1.82, 2.24) is 29.9 Å². The summed E-state index contributed by atoms with van der Waals surface area (Å²) >= 11 is 0. The molecule has 4 aromatic rings. The highest BCUT2D eigenvalue weighted by atomic mass is 19.1. The summed E-state index contributed by atoms with van der Waals surface area (Å²) in [6.45, 7) is 3.31. The van der Waals surface area contributed by atoms with Gasteiger partial charge < -0.3 is 14.4 Å². The summed E-state index contributed by atoms with van der Waals surface area (Å²) in [6.07, 6.45) is 6.59. The van der Waals surface area contributed by atoms with Gasteiger partial charge in [0.15, 0.2) is 0 Å². The van der Waals surface area contributed by atoms with Gasteiger partial charge in [0.1, 0.15) is 23.9 Å². The van der Waals surface area contributed by atoms with Crippen molar-refractivity contribution in [3.05, 3.63) is 48.7 Å². The minimum Gasteiger partial charge on any atom is -0.490 e. The molecule has 0 radical (unpaired) electrons. The van der Waals surface area contributed by atoms with Gasteiger partial charge in [0.05, 0.1) is 48.4 Å². The molecule has 3 aromatic heterocycles. The zero-order valence-electron chi connectivity index (χ0n) is 18.4. The van der Waals surface area contributed by atoms with Gasteiger partial charge >= 0.3 is 0 Å². The number of hydrogen-bond donors (Lipinski definition) is 1. The Bertz CT molecular complexity index is 1300. The van der Waals surface area contributed by atoms with E-state index >= 15 is 0 Å². The van der Waals surface area contributed by atoms with Crippen LogP contribution in [0.3, 0.4) is 0 Å². The minimum atomic E-state index is -0.382. The molecule has 2 atom stereocenters. The number of pyridine rings is 1. The number of aromatic nitrogens is 5. The Morgan fingerprint density at radius 3 is 3.09 bits per heavy atom. The van der Waals surface area contributed by atoms with E-state index in [0.717, 1.165) is 41.7 Å². The maximum absolute atomic E-state index is 14.9. The molecule has 0 aliphatic carbocycles. The third kappa shape index (κ3) is 3.67.